The lowest BCUT2D eigenvalue weighted by Gasteiger charge is -2.06. The van der Waals surface area contributed by atoms with E-state index < -0.39 is 0 Å². The van der Waals surface area contributed by atoms with Crippen molar-refractivity contribution in [1.82, 2.24) is 0 Å². The summed E-state index contributed by atoms with van der Waals surface area (Å²) in [6.07, 6.45) is 0.251. The van der Waals surface area contributed by atoms with Crippen LogP contribution in [0, 0.1) is 5.82 Å². The number of carbonyl (C=O) groups excluding carboxylic acids is 1. The molecule has 0 N–H and O–H groups in total. The molecule has 2 aromatic carbocycles. The number of benzene rings is 2. The molecule has 0 unspecified atom stereocenters. The van der Waals surface area contributed by atoms with Crippen molar-refractivity contribution >= 4 is 21.7 Å². The molecule has 0 aliphatic heterocycles. The van der Waals surface area contributed by atoms with E-state index in [2.05, 4.69) is 15.9 Å². The van der Waals surface area contributed by atoms with Gasteiger partial charge in [0.1, 0.15) is 11.6 Å². The van der Waals surface area contributed by atoms with E-state index in [4.69, 9.17) is 4.74 Å². The molecule has 98 valence electrons. The second-order valence-corrected chi connectivity index (χ2v) is 4.93. The molecule has 0 amide bonds. The maximum atomic E-state index is 13.0. The van der Waals surface area contributed by atoms with Gasteiger partial charge in [-0.1, -0.05) is 12.1 Å². The van der Waals surface area contributed by atoms with Gasteiger partial charge in [-0.05, 0) is 51.8 Å². The maximum absolute atomic E-state index is 13.0. The number of ketones is 1. The molecule has 19 heavy (non-hydrogen) atoms. The van der Waals surface area contributed by atoms with Crippen molar-refractivity contribution in [3.63, 3.8) is 0 Å². The molecule has 0 spiro atoms. The van der Waals surface area contributed by atoms with Crippen LogP contribution >= 0.6 is 15.9 Å². The van der Waals surface area contributed by atoms with Crippen molar-refractivity contribution in [2.75, 3.05) is 7.11 Å². The van der Waals surface area contributed by atoms with E-state index >= 15 is 0 Å². The van der Waals surface area contributed by atoms with Gasteiger partial charge in [-0.15, -0.1) is 0 Å². The van der Waals surface area contributed by atoms with Crippen LogP contribution in [0.15, 0.2) is 46.9 Å². The van der Waals surface area contributed by atoms with Crippen LogP contribution in [-0.2, 0) is 6.42 Å². The van der Waals surface area contributed by atoms with Crippen molar-refractivity contribution < 1.29 is 13.9 Å². The van der Waals surface area contributed by atoms with Crippen LogP contribution in [0.4, 0.5) is 4.39 Å². The molecule has 2 nitrogen and oxygen atoms in total. The fourth-order valence-electron chi connectivity index (χ4n) is 1.78. The minimum absolute atomic E-state index is 0.0693. The van der Waals surface area contributed by atoms with Crippen LogP contribution < -0.4 is 4.74 Å². The fourth-order valence-corrected chi connectivity index (χ4v) is 2.35. The van der Waals surface area contributed by atoms with Gasteiger partial charge in [-0.25, -0.2) is 4.39 Å². The van der Waals surface area contributed by atoms with Gasteiger partial charge >= 0.3 is 0 Å². The van der Waals surface area contributed by atoms with Crippen LogP contribution in [0.1, 0.15) is 15.9 Å². The monoisotopic (exact) mass is 322 g/mol. The van der Waals surface area contributed by atoms with Crippen molar-refractivity contribution in [3.8, 4) is 5.75 Å². The van der Waals surface area contributed by atoms with Gasteiger partial charge in [0, 0.05) is 16.5 Å². The quantitative estimate of drug-likeness (QED) is 0.795. The third-order valence-electron chi connectivity index (χ3n) is 2.73. The Morgan fingerprint density at radius 1 is 1.26 bits per heavy atom. The van der Waals surface area contributed by atoms with E-state index in [0.29, 0.717) is 15.8 Å². The minimum atomic E-state index is -0.371. The lowest BCUT2D eigenvalue weighted by molar-refractivity contribution is 0.0992. The zero-order valence-corrected chi connectivity index (χ0v) is 11.9. The standard InChI is InChI=1S/C15H12BrFO2/c1-19-12-4-2-3-10(7-12)8-15(18)13-6-5-11(17)9-14(13)16/h2-7,9H,8H2,1H3. The van der Waals surface area contributed by atoms with Gasteiger partial charge in [0.15, 0.2) is 5.78 Å². The first-order chi connectivity index (χ1) is 9.10. The topological polar surface area (TPSA) is 26.3 Å². The molecule has 0 aliphatic rings. The van der Waals surface area contributed by atoms with Gasteiger partial charge in [0.2, 0.25) is 0 Å². The lowest BCUT2D eigenvalue weighted by Crippen LogP contribution is -2.05. The summed E-state index contributed by atoms with van der Waals surface area (Å²) in [6, 6.07) is 11.4. The Hall–Kier alpha value is -1.68. The Bertz CT molecular complexity index is 611. The first-order valence-corrected chi connectivity index (χ1v) is 6.50. The fraction of sp³-hybridized carbons (Fsp3) is 0.133. The molecule has 0 fully saturated rings. The van der Waals surface area contributed by atoms with E-state index in [0.717, 1.165) is 5.56 Å². The minimum Gasteiger partial charge on any atom is -0.497 e. The Morgan fingerprint density at radius 3 is 2.74 bits per heavy atom. The smallest absolute Gasteiger partial charge is 0.168 e. The molecule has 0 aromatic heterocycles. The zero-order chi connectivity index (χ0) is 13.8. The first kappa shape index (κ1) is 13.7. The SMILES string of the molecule is COc1cccc(CC(=O)c2ccc(F)cc2Br)c1. The normalized spacial score (nSPS) is 10.3. The summed E-state index contributed by atoms with van der Waals surface area (Å²) >= 11 is 3.20. The highest BCUT2D eigenvalue weighted by molar-refractivity contribution is 9.10. The number of halogens is 2. The molecule has 2 aromatic rings. The summed E-state index contributed by atoms with van der Waals surface area (Å²) in [7, 11) is 1.58. The summed E-state index contributed by atoms with van der Waals surface area (Å²) in [4.78, 5) is 12.2. The predicted molar refractivity (Wildman–Crippen MR) is 75.1 cm³/mol. The highest BCUT2D eigenvalue weighted by Crippen LogP contribution is 2.21. The second-order valence-electron chi connectivity index (χ2n) is 4.08. The molecule has 0 aliphatic carbocycles. The Labute approximate surface area is 119 Å². The van der Waals surface area contributed by atoms with E-state index in [1.165, 1.54) is 18.2 Å². The van der Waals surface area contributed by atoms with Gasteiger partial charge in [-0.2, -0.15) is 0 Å². The average Bonchev–Trinajstić information content (AvgIpc) is 2.38. The molecule has 2 rings (SSSR count). The number of hydrogen-bond donors (Lipinski definition) is 0. The number of carbonyl (C=O) groups is 1. The Kier molecular flexibility index (Phi) is 4.32. The van der Waals surface area contributed by atoms with Crippen molar-refractivity contribution in [3.05, 3.63) is 63.9 Å². The van der Waals surface area contributed by atoms with Crippen LogP contribution in [0.25, 0.3) is 0 Å². The molecule has 0 bridgehead atoms. The van der Waals surface area contributed by atoms with Crippen molar-refractivity contribution in [1.29, 1.82) is 0 Å². The number of ether oxygens (including phenoxy) is 1. The second kappa shape index (κ2) is 5.97. The van der Waals surface area contributed by atoms with E-state index in [-0.39, 0.29) is 18.0 Å². The van der Waals surface area contributed by atoms with Crippen LogP contribution in [-0.4, -0.2) is 12.9 Å². The van der Waals surface area contributed by atoms with Crippen LogP contribution in [0.5, 0.6) is 5.75 Å². The molecule has 0 heterocycles. The molecule has 0 saturated heterocycles. The largest absolute Gasteiger partial charge is 0.497 e. The molecular weight excluding hydrogens is 311 g/mol. The Morgan fingerprint density at radius 2 is 2.05 bits per heavy atom. The summed E-state index contributed by atoms with van der Waals surface area (Å²) in [5.41, 5.74) is 1.34. The summed E-state index contributed by atoms with van der Waals surface area (Å²) in [5, 5.41) is 0. The number of hydrogen-bond acceptors (Lipinski definition) is 2. The highest BCUT2D eigenvalue weighted by atomic mass is 79.9. The van der Waals surface area contributed by atoms with Gasteiger partial charge in [-0.3, -0.25) is 4.79 Å². The zero-order valence-electron chi connectivity index (χ0n) is 10.3. The van der Waals surface area contributed by atoms with Crippen LogP contribution in [0.2, 0.25) is 0 Å². The van der Waals surface area contributed by atoms with E-state index in [9.17, 15) is 9.18 Å². The number of rotatable bonds is 4. The molecule has 0 radical (unpaired) electrons. The predicted octanol–water partition coefficient (Wildman–Crippen LogP) is 4.02. The van der Waals surface area contributed by atoms with Crippen molar-refractivity contribution in [2.45, 2.75) is 6.42 Å². The van der Waals surface area contributed by atoms with E-state index in [1.54, 1.807) is 7.11 Å². The average molecular weight is 323 g/mol. The van der Waals surface area contributed by atoms with Gasteiger partial charge in [0.25, 0.3) is 0 Å². The molecule has 4 heteroatoms. The van der Waals surface area contributed by atoms with Crippen molar-refractivity contribution in [2.24, 2.45) is 0 Å². The summed E-state index contributed by atoms with van der Waals surface area (Å²) in [5.74, 6) is 0.272. The van der Waals surface area contributed by atoms with Gasteiger partial charge < -0.3 is 4.74 Å². The molecule has 0 atom stereocenters. The van der Waals surface area contributed by atoms with E-state index in [1.807, 2.05) is 24.3 Å². The highest BCUT2D eigenvalue weighted by Gasteiger charge is 2.11. The molecule has 0 saturated carbocycles. The third-order valence-corrected chi connectivity index (χ3v) is 3.39. The first-order valence-electron chi connectivity index (χ1n) is 5.71. The summed E-state index contributed by atoms with van der Waals surface area (Å²) in [6.45, 7) is 0. The molecular formula is C15H12BrFO2. The van der Waals surface area contributed by atoms with Crippen LogP contribution in [0.3, 0.4) is 0 Å². The summed E-state index contributed by atoms with van der Waals surface area (Å²) < 4.78 is 18.6. The third kappa shape index (κ3) is 3.41. The maximum Gasteiger partial charge on any atom is 0.168 e. The Balaban J connectivity index is 2.20. The number of methoxy groups -OCH3 is 1. The number of Topliss-reactive ketones (excluding diaryl/α,β-unsaturated/α-hetero) is 1. The lowest BCUT2D eigenvalue weighted by atomic mass is 10.0. The van der Waals surface area contributed by atoms with Gasteiger partial charge in [0.05, 0.1) is 7.11 Å².